The summed E-state index contributed by atoms with van der Waals surface area (Å²) in [4.78, 5) is 23.8. The zero-order chi connectivity index (χ0) is 17.1. The molecule has 2 aromatic rings. The summed E-state index contributed by atoms with van der Waals surface area (Å²) in [6.45, 7) is 0. The van der Waals surface area contributed by atoms with Crippen molar-refractivity contribution < 1.29 is 19.4 Å². The highest BCUT2D eigenvalue weighted by Crippen LogP contribution is 2.45. The molecule has 1 fully saturated rings. The van der Waals surface area contributed by atoms with Crippen molar-refractivity contribution in [3.8, 4) is 5.75 Å². The van der Waals surface area contributed by atoms with Gasteiger partial charge in [-0.3, -0.25) is 4.79 Å². The molecule has 1 aromatic heterocycles. The van der Waals surface area contributed by atoms with E-state index in [0.717, 1.165) is 41.1 Å². The lowest BCUT2D eigenvalue weighted by Crippen LogP contribution is -2.11. The van der Waals surface area contributed by atoms with Gasteiger partial charge in [0.1, 0.15) is 10.6 Å². The Morgan fingerprint density at radius 3 is 2.58 bits per heavy atom. The Labute approximate surface area is 144 Å². The van der Waals surface area contributed by atoms with Crippen LogP contribution in [0.3, 0.4) is 0 Å². The van der Waals surface area contributed by atoms with Crippen LogP contribution >= 0.6 is 11.3 Å². The van der Waals surface area contributed by atoms with Gasteiger partial charge in [-0.05, 0) is 54.5 Å². The number of nitrogens with one attached hydrogen (secondary N) is 1. The highest BCUT2D eigenvalue weighted by atomic mass is 32.1. The Kier molecular flexibility index (Phi) is 4.85. The van der Waals surface area contributed by atoms with E-state index in [0.29, 0.717) is 28.6 Å². The third-order valence-corrected chi connectivity index (χ3v) is 5.09. The number of carbonyl (C=O) groups excluding carboxylic acids is 1. The normalized spacial score (nSPS) is 13.5. The summed E-state index contributed by atoms with van der Waals surface area (Å²) < 4.78 is 5.11. The molecule has 1 aliphatic rings. The van der Waals surface area contributed by atoms with Gasteiger partial charge >= 0.3 is 5.97 Å². The van der Waals surface area contributed by atoms with Crippen molar-refractivity contribution in [1.29, 1.82) is 0 Å². The molecular weight excluding hydrogens is 326 g/mol. The Hall–Kier alpha value is -2.34. The molecule has 24 heavy (non-hydrogen) atoms. The van der Waals surface area contributed by atoms with E-state index < -0.39 is 5.97 Å². The fourth-order valence-corrected chi connectivity index (χ4v) is 3.58. The van der Waals surface area contributed by atoms with Crippen LogP contribution in [0.25, 0.3) is 0 Å². The molecule has 1 saturated carbocycles. The number of aromatic carboxylic acids is 1. The molecule has 1 aromatic carbocycles. The third-order valence-electron chi connectivity index (χ3n) is 4.03. The monoisotopic (exact) mass is 345 g/mol. The number of carboxylic acid groups (broad SMARTS) is 1. The topological polar surface area (TPSA) is 75.6 Å². The molecule has 6 heteroatoms. The number of carboxylic acids is 1. The van der Waals surface area contributed by atoms with Crippen LogP contribution in [0.1, 0.15) is 46.0 Å². The van der Waals surface area contributed by atoms with E-state index in [1.165, 1.54) is 0 Å². The Balaban J connectivity index is 1.58. The smallest absolute Gasteiger partial charge is 0.346 e. The lowest BCUT2D eigenvalue weighted by molar-refractivity contribution is -0.116. The number of amides is 1. The van der Waals surface area contributed by atoms with Crippen LogP contribution in [0.2, 0.25) is 0 Å². The van der Waals surface area contributed by atoms with Gasteiger partial charge in [0.05, 0.1) is 12.1 Å². The summed E-state index contributed by atoms with van der Waals surface area (Å²) in [6, 6.07) is 9.42. The van der Waals surface area contributed by atoms with Crippen molar-refractivity contribution in [2.24, 2.45) is 0 Å². The van der Waals surface area contributed by atoms with Crippen molar-refractivity contribution in [3.63, 3.8) is 0 Å². The van der Waals surface area contributed by atoms with E-state index in [9.17, 15) is 14.7 Å². The summed E-state index contributed by atoms with van der Waals surface area (Å²) in [5.41, 5.74) is 1.92. The first-order chi connectivity index (χ1) is 11.6. The molecule has 1 heterocycles. The average molecular weight is 345 g/mol. The third kappa shape index (κ3) is 3.94. The van der Waals surface area contributed by atoms with Crippen LogP contribution in [-0.4, -0.2) is 24.1 Å². The van der Waals surface area contributed by atoms with Gasteiger partial charge in [0.15, 0.2) is 0 Å². The Bertz CT molecular complexity index is 747. The molecule has 0 unspecified atom stereocenters. The summed E-state index contributed by atoms with van der Waals surface area (Å²) in [6.07, 6.45) is 3.04. The summed E-state index contributed by atoms with van der Waals surface area (Å²) in [5.74, 6) is 0.111. The summed E-state index contributed by atoms with van der Waals surface area (Å²) >= 11 is 1.14. The SMILES string of the molecule is COc1ccc(CCC(=O)Nc2cc(C3CC3)c(C(=O)O)s2)cc1. The second-order valence-corrected chi connectivity index (χ2v) is 6.92. The zero-order valence-corrected chi connectivity index (χ0v) is 14.2. The first kappa shape index (κ1) is 16.5. The van der Waals surface area contributed by atoms with Crippen LogP contribution in [0.4, 0.5) is 5.00 Å². The zero-order valence-electron chi connectivity index (χ0n) is 13.4. The largest absolute Gasteiger partial charge is 0.497 e. The minimum absolute atomic E-state index is 0.105. The highest BCUT2D eigenvalue weighted by molar-refractivity contribution is 7.18. The number of anilines is 1. The van der Waals surface area contributed by atoms with Crippen molar-refractivity contribution in [2.45, 2.75) is 31.6 Å². The molecule has 2 N–H and O–H groups in total. The number of ether oxygens (including phenoxy) is 1. The molecule has 0 saturated heterocycles. The van der Waals surface area contributed by atoms with Crippen LogP contribution in [-0.2, 0) is 11.2 Å². The van der Waals surface area contributed by atoms with Gasteiger partial charge in [-0.15, -0.1) is 11.3 Å². The fourth-order valence-electron chi connectivity index (χ4n) is 2.58. The number of carbonyl (C=O) groups is 2. The Morgan fingerprint density at radius 2 is 2.00 bits per heavy atom. The van der Waals surface area contributed by atoms with E-state index in [4.69, 9.17) is 4.74 Å². The lowest BCUT2D eigenvalue weighted by Gasteiger charge is -2.04. The number of hydrogen-bond acceptors (Lipinski definition) is 4. The van der Waals surface area contributed by atoms with Crippen molar-refractivity contribution in [2.75, 3.05) is 12.4 Å². The number of methoxy groups -OCH3 is 1. The summed E-state index contributed by atoms with van der Waals surface area (Å²) in [5, 5.41) is 12.7. The molecule has 1 amide bonds. The molecule has 0 spiro atoms. The number of thiophene rings is 1. The maximum Gasteiger partial charge on any atom is 0.346 e. The molecule has 3 rings (SSSR count). The van der Waals surface area contributed by atoms with Gasteiger partial charge in [-0.1, -0.05) is 12.1 Å². The van der Waals surface area contributed by atoms with Crippen molar-refractivity contribution >= 4 is 28.2 Å². The second-order valence-electron chi connectivity index (χ2n) is 5.87. The van der Waals surface area contributed by atoms with E-state index >= 15 is 0 Å². The number of aryl methyl sites for hydroxylation is 1. The van der Waals surface area contributed by atoms with Gasteiger partial charge < -0.3 is 15.2 Å². The predicted molar refractivity (Wildman–Crippen MR) is 93.2 cm³/mol. The molecule has 0 aliphatic heterocycles. The first-order valence-electron chi connectivity index (χ1n) is 7.86. The average Bonchev–Trinajstić information content (AvgIpc) is 3.34. The van der Waals surface area contributed by atoms with Gasteiger partial charge in [-0.2, -0.15) is 0 Å². The van der Waals surface area contributed by atoms with Gasteiger partial charge in [0.25, 0.3) is 0 Å². The van der Waals surface area contributed by atoms with Gasteiger partial charge in [0, 0.05) is 6.42 Å². The minimum Gasteiger partial charge on any atom is -0.497 e. The van der Waals surface area contributed by atoms with E-state index in [1.807, 2.05) is 30.3 Å². The highest BCUT2D eigenvalue weighted by Gasteiger charge is 2.30. The standard InChI is InChI=1S/C18H19NO4S/c1-23-13-7-2-11(3-8-13)4-9-15(20)19-16-10-14(12-5-6-12)17(24-16)18(21)22/h2-3,7-8,10,12H,4-6,9H2,1H3,(H,19,20)(H,21,22). The van der Waals surface area contributed by atoms with E-state index in [2.05, 4.69) is 5.32 Å². The molecule has 1 aliphatic carbocycles. The van der Waals surface area contributed by atoms with Crippen LogP contribution < -0.4 is 10.1 Å². The van der Waals surface area contributed by atoms with Crippen molar-refractivity contribution in [3.05, 3.63) is 46.3 Å². The van der Waals surface area contributed by atoms with Crippen LogP contribution in [0, 0.1) is 0 Å². The first-order valence-corrected chi connectivity index (χ1v) is 8.68. The van der Waals surface area contributed by atoms with Crippen molar-refractivity contribution in [1.82, 2.24) is 0 Å². The van der Waals surface area contributed by atoms with Crippen LogP contribution in [0.5, 0.6) is 5.75 Å². The maximum absolute atomic E-state index is 12.1. The Morgan fingerprint density at radius 1 is 1.29 bits per heavy atom. The van der Waals surface area contributed by atoms with Gasteiger partial charge in [-0.25, -0.2) is 4.79 Å². The second kappa shape index (κ2) is 7.05. The molecular formula is C18H19NO4S. The molecule has 0 atom stereocenters. The predicted octanol–water partition coefficient (Wildman–Crippen LogP) is 3.90. The molecule has 0 bridgehead atoms. The minimum atomic E-state index is -0.916. The molecule has 5 nitrogen and oxygen atoms in total. The van der Waals surface area contributed by atoms with E-state index in [-0.39, 0.29) is 5.91 Å². The number of benzene rings is 1. The molecule has 126 valence electrons. The molecule has 0 radical (unpaired) electrons. The van der Waals surface area contributed by atoms with Crippen LogP contribution in [0.15, 0.2) is 30.3 Å². The quantitative estimate of drug-likeness (QED) is 0.798. The fraction of sp³-hybridized carbons (Fsp3) is 0.333. The number of hydrogen-bond donors (Lipinski definition) is 2. The summed E-state index contributed by atoms with van der Waals surface area (Å²) in [7, 11) is 1.62. The number of rotatable bonds is 7. The van der Waals surface area contributed by atoms with Gasteiger partial charge in [0.2, 0.25) is 5.91 Å². The maximum atomic E-state index is 12.1. The lowest BCUT2D eigenvalue weighted by atomic mass is 10.1. The van der Waals surface area contributed by atoms with E-state index in [1.54, 1.807) is 7.11 Å².